The van der Waals surface area contributed by atoms with Gasteiger partial charge in [-0.2, -0.15) is 0 Å². The van der Waals surface area contributed by atoms with E-state index in [0.717, 1.165) is 5.56 Å². The number of hydrogen-bond acceptors (Lipinski definition) is 5. The Kier molecular flexibility index (Phi) is 6.34. The highest BCUT2D eigenvalue weighted by Crippen LogP contribution is 2.32. The van der Waals surface area contributed by atoms with Crippen molar-refractivity contribution in [3.05, 3.63) is 63.7 Å². The Morgan fingerprint density at radius 2 is 1.90 bits per heavy atom. The molecule has 2 amide bonds. The van der Waals surface area contributed by atoms with E-state index in [-0.39, 0.29) is 23.4 Å². The van der Waals surface area contributed by atoms with Gasteiger partial charge < -0.3 is 15.0 Å². The number of non-ortho nitro benzene ring substituents is 1. The second-order valence-corrected chi connectivity index (χ2v) is 7.46. The third-order valence-corrected chi connectivity index (χ3v) is 5.08. The van der Waals surface area contributed by atoms with Crippen molar-refractivity contribution in [1.82, 2.24) is 5.32 Å². The predicted molar refractivity (Wildman–Crippen MR) is 113 cm³/mol. The summed E-state index contributed by atoms with van der Waals surface area (Å²) in [7, 11) is 0. The molecule has 30 heavy (non-hydrogen) atoms. The molecule has 158 valence electrons. The first-order valence-electron chi connectivity index (χ1n) is 9.94. The van der Waals surface area contributed by atoms with Crippen LogP contribution in [0.15, 0.2) is 42.5 Å². The number of fused-ring (bicyclic) bond motifs is 1. The number of nitrogens with zero attached hydrogens (tertiary/aromatic N) is 2. The van der Waals surface area contributed by atoms with Crippen molar-refractivity contribution in [3.8, 4) is 5.75 Å². The first kappa shape index (κ1) is 21.3. The highest BCUT2D eigenvalue weighted by molar-refractivity contribution is 6.03. The molecule has 0 fully saturated rings. The third kappa shape index (κ3) is 4.42. The van der Waals surface area contributed by atoms with Crippen molar-refractivity contribution in [2.45, 2.75) is 33.2 Å². The molecule has 3 rings (SSSR count). The summed E-state index contributed by atoms with van der Waals surface area (Å²) >= 11 is 0. The molecule has 2 aromatic rings. The van der Waals surface area contributed by atoms with Crippen molar-refractivity contribution in [2.24, 2.45) is 5.92 Å². The highest BCUT2D eigenvalue weighted by Gasteiger charge is 2.33. The summed E-state index contributed by atoms with van der Waals surface area (Å²) in [5.41, 5.74) is 1.87. The van der Waals surface area contributed by atoms with Crippen LogP contribution in [0.1, 0.15) is 36.7 Å². The average molecular weight is 411 g/mol. The van der Waals surface area contributed by atoms with E-state index in [9.17, 15) is 19.7 Å². The van der Waals surface area contributed by atoms with Crippen LogP contribution in [-0.2, 0) is 11.2 Å². The van der Waals surface area contributed by atoms with Crippen molar-refractivity contribution >= 4 is 23.2 Å². The highest BCUT2D eigenvalue weighted by atomic mass is 16.6. The van der Waals surface area contributed by atoms with Crippen molar-refractivity contribution < 1.29 is 19.2 Å². The minimum atomic E-state index is -0.717. The van der Waals surface area contributed by atoms with E-state index in [0.29, 0.717) is 36.6 Å². The lowest BCUT2D eigenvalue weighted by atomic mass is 10.0. The van der Waals surface area contributed by atoms with E-state index < -0.39 is 11.0 Å². The summed E-state index contributed by atoms with van der Waals surface area (Å²) in [6.45, 7) is 6.59. The fourth-order valence-corrected chi connectivity index (χ4v) is 3.51. The molecule has 1 atom stereocenters. The van der Waals surface area contributed by atoms with E-state index >= 15 is 0 Å². The molecule has 0 unspecified atom stereocenters. The lowest BCUT2D eigenvalue weighted by Gasteiger charge is -2.27. The largest absolute Gasteiger partial charge is 0.494 e. The maximum absolute atomic E-state index is 13.2. The molecule has 0 bridgehead atoms. The number of carbonyl (C=O) groups excluding carboxylic acids is 2. The molecule has 0 aromatic heterocycles. The molecule has 8 heteroatoms. The van der Waals surface area contributed by atoms with Gasteiger partial charge >= 0.3 is 0 Å². The summed E-state index contributed by atoms with van der Waals surface area (Å²) in [5, 5.41) is 13.8. The minimum absolute atomic E-state index is 0.00672. The second kappa shape index (κ2) is 8.94. The van der Waals surface area contributed by atoms with Gasteiger partial charge in [0.15, 0.2) is 0 Å². The number of rotatable bonds is 7. The zero-order valence-electron chi connectivity index (χ0n) is 17.3. The topological polar surface area (TPSA) is 102 Å². The van der Waals surface area contributed by atoms with Crippen LogP contribution >= 0.6 is 0 Å². The second-order valence-electron chi connectivity index (χ2n) is 7.46. The van der Waals surface area contributed by atoms with Crippen LogP contribution < -0.4 is 15.0 Å². The van der Waals surface area contributed by atoms with Crippen LogP contribution in [0.2, 0.25) is 0 Å². The van der Waals surface area contributed by atoms with Crippen molar-refractivity contribution in [1.29, 1.82) is 0 Å². The fourth-order valence-electron chi connectivity index (χ4n) is 3.51. The van der Waals surface area contributed by atoms with Gasteiger partial charge in [-0.3, -0.25) is 19.7 Å². The number of amides is 2. The number of nitro groups is 1. The lowest BCUT2D eigenvalue weighted by molar-refractivity contribution is -0.384. The van der Waals surface area contributed by atoms with Gasteiger partial charge in [-0.05, 0) is 55.2 Å². The molecule has 8 nitrogen and oxygen atoms in total. The molecule has 0 saturated carbocycles. The molecule has 0 aliphatic carbocycles. The van der Waals surface area contributed by atoms with Gasteiger partial charge in [0.05, 0.1) is 11.5 Å². The van der Waals surface area contributed by atoms with E-state index in [2.05, 4.69) is 5.32 Å². The first-order valence-corrected chi connectivity index (χ1v) is 9.94. The van der Waals surface area contributed by atoms with E-state index in [1.54, 1.807) is 35.2 Å². The molecule has 1 aliphatic rings. The van der Waals surface area contributed by atoms with Crippen LogP contribution in [0, 0.1) is 16.0 Å². The average Bonchev–Trinajstić information content (AvgIpc) is 3.15. The number of benzene rings is 2. The summed E-state index contributed by atoms with van der Waals surface area (Å²) in [4.78, 5) is 38.1. The van der Waals surface area contributed by atoms with Gasteiger partial charge in [-0.1, -0.05) is 13.8 Å². The van der Waals surface area contributed by atoms with E-state index in [1.807, 2.05) is 20.8 Å². The Morgan fingerprint density at radius 3 is 2.50 bits per heavy atom. The Morgan fingerprint density at radius 1 is 1.20 bits per heavy atom. The molecule has 1 aliphatic heterocycles. The number of carbonyl (C=O) groups is 2. The molecule has 1 heterocycles. The Hall–Kier alpha value is -3.42. The Labute approximate surface area is 175 Å². The monoisotopic (exact) mass is 411 g/mol. The first-order chi connectivity index (χ1) is 14.3. The van der Waals surface area contributed by atoms with Crippen molar-refractivity contribution in [2.75, 3.05) is 18.1 Å². The Balaban J connectivity index is 1.76. The van der Waals surface area contributed by atoms with Gasteiger partial charge in [-0.25, -0.2) is 0 Å². The third-order valence-electron chi connectivity index (χ3n) is 5.08. The van der Waals surface area contributed by atoms with Gasteiger partial charge in [0.25, 0.3) is 11.6 Å². The number of anilines is 1. The number of nitrogens with one attached hydrogen (secondary N) is 1. The fraction of sp³-hybridized carbons (Fsp3) is 0.364. The molecule has 2 aromatic carbocycles. The maximum Gasteiger partial charge on any atom is 0.269 e. The quantitative estimate of drug-likeness (QED) is 0.556. The number of ether oxygens (including phenoxy) is 1. The molecule has 1 N–H and O–H groups in total. The lowest BCUT2D eigenvalue weighted by Crippen LogP contribution is -2.51. The van der Waals surface area contributed by atoms with E-state index in [1.165, 1.54) is 12.1 Å². The molecule has 0 spiro atoms. The number of hydrogen-bond donors (Lipinski definition) is 1. The van der Waals surface area contributed by atoms with Crippen LogP contribution in [0.3, 0.4) is 0 Å². The van der Waals surface area contributed by atoms with Gasteiger partial charge in [0, 0.05) is 29.9 Å². The minimum Gasteiger partial charge on any atom is -0.494 e. The van der Waals surface area contributed by atoms with Gasteiger partial charge in [0.1, 0.15) is 11.8 Å². The van der Waals surface area contributed by atoms with Crippen LogP contribution in [-0.4, -0.2) is 35.9 Å². The standard InChI is InChI=1S/C22H25N3O5/c1-4-30-18-8-5-15(6-9-18)21(26)23-20(14(2)3)22(27)24-12-11-16-13-17(25(28)29)7-10-19(16)24/h5-10,13-14,20H,4,11-12H2,1-3H3,(H,23,26)/t20-/m0/s1. The molecule has 0 saturated heterocycles. The van der Waals surface area contributed by atoms with E-state index in [4.69, 9.17) is 4.74 Å². The smallest absolute Gasteiger partial charge is 0.269 e. The Bertz CT molecular complexity index is 956. The predicted octanol–water partition coefficient (Wildman–Crippen LogP) is 3.34. The number of nitro benzene ring substituents is 1. The molecule has 0 radical (unpaired) electrons. The summed E-state index contributed by atoms with van der Waals surface area (Å²) in [6, 6.07) is 10.5. The molecular formula is C22H25N3O5. The maximum atomic E-state index is 13.2. The van der Waals surface area contributed by atoms with Gasteiger partial charge in [-0.15, -0.1) is 0 Å². The van der Waals surface area contributed by atoms with Crippen molar-refractivity contribution in [3.63, 3.8) is 0 Å². The van der Waals surface area contributed by atoms with Gasteiger partial charge in [0.2, 0.25) is 5.91 Å². The summed E-state index contributed by atoms with van der Waals surface area (Å²) in [5.74, 6) is -0.0235. The normalized spacial score (nSPS) is 13.7. The van der Waals surface area contributed by atoms with Crippen LogP contribution in [0.4, 0.5) is 11.4 Å². The van der Waals surface area contributed by atoms with Crippen LogP contribution in [0.5, 0.6) is 5.75 Å². The zero-order chi connectivity index (χ0) is 21.8. The summed E-state index contributed by atoms with van der Waals surface area (Å²) < 4.78 is 5.39. The van der Waals surface area contributed by atoms with Crippen LogP contribution in [0.25, 0.3) is 0 Å². The zero-order valence-corrected chi connectivity index (χ0v) is 17.3. The SMILES string of the molecule is CCOc1ccc(C(=O)N[C@H](C(=O)N2CCc3cc([N+](=O)[O-])ccc32)C(C)C)cc1. The molecular weight excluding hydrogens is 386 g/mol. The summed E-state index contributed by atoms with van der Waals surface area (Å²) in [6.07, 6.45) is 0.542.